The summed E-state index contributed by atoms with van der Waals surface area (Å²) in [7, 11) is 1.70. The highest BCUT2D eigenvalue weighted by Gasteiger charge is 2.51. The fraction of sp³-hybridized carbons (Fsp3) is 0.500. The highest BCUT2D eigenvalue weighted by atomic mass is 16.5. The van der Waals surface area contributed by atoms with Crippen molar-refractivity contribution in [3.63, 3.8) is 0 Å². The summed E-state index contributed by atoms with van der Waals surface area (Å²) in [5, 5.41) is 0. The summed E-state index contributed by atoms with van der Waals surface area (Å²) in [6, 6.07) is 12.3. The second-order valence-electron chi connectivity index (χ2n) is 7.78. The van der Waals surface area contributed by atoms with E-state index in [1.807, 2.05) is 30.5 Å². The predicted octanol–water partition coefficient (Wildman–Crippen LogP) is 3.28. The zero-order valence-corrected chi connectivity index (χ0v) is 16.0. The van der Waals surface area contributed by atoms with Crippen LogP contribution in [0.15, 0.2) is 53.3 Å². The quantitative estimate of drug-likeness (QED) is 0.785. The normalized spacial score (nSPS) is 22.6. The lowest BCUT2D eigenvalue weighted by Gasteiger charge is -2.45. The number of amides is 1. The van der Waals surface area contributed by atoms with Crippen LogP contribution in [0.25, 0.3) is 0 Å². The average molecular weight is 368 g/mol. The molecule has 2 saturated heterocycles. The molecule has 0 aliphatic carbocycles. The molecule has 1 aromatic heterocycles. The van der Waals surface area contributed by atoms with E-state index in [-0.39, 0.29) is 17.4 Å². The van der Waals surface area contributed by atoms with Gasteiger partial charge in [-0.1, -0.05) is 30.3 Å². The highest BCUT2D eigenvalue weighted by Crippen LogP contribution is 2.45. The number of carbonyl (C=O) groups excluding carboxylic acids is 1. The first kappa shape index (κ1) is 18.3. The minimum absolute atomic E-state index is 0.0246. The standard InChI is InChI=1S/C22H28N2O3/c1-26-14-12-24-21(25)20(19-5-3-2-4-6-19)15-22(24)8-10-23(11-9-22)16-18-7-13-27-17-18/h2-7,13,17,20H,8-12,14-16H2,1H3/t20-/m1/s1. The van der Waals surface area contributed by atoms with Crippen LogP contribution in [0.1, 0.15) is 36.3 Å². The number of benzene rings is 1. The third-order valence-electron chi connectivity index (χ3n) is 6.21. The lowest BCUT2D eigenvalue weighted by atomic mass is 9.81. The third-order valence-corrected chi connectivity index (χ3v) is 6.21. The van der Waals surface area contributed by atoms with E-state index in [1.54, 1.807) is 13.4 Å². The van der Waals surface area contributed by atoms with Crippen LogP contribution in [0, 0.1) is 0 Å². The number of methoxy groups -OCH3 is 1. The zero-order chi connectivity index (χ0) is 18.7. The van der Waals surface area contributed by atoms with Gasteiger partial charge in [0.2, 0.25) is 5.91 Å². The van der Waals surface area contributed by atoms with E-state index in [1.165, 1.54) is 5.56 Å². The molecule has 1 spiro atoms. The summed E-state index contributed by atoms with van der Waals surface area (Å²) < 4.78 is 10.5. The van der Waals surface area contributed by atoms with E-state index < -0.39 is 0 Å². The number of nitrogens with zero attached hydrogens (tertiary/aromatic N) is 2. The van der Waals surface area contributed by atoms with Crippen LogP contribution >= 0.6 is 0 Å². The number of hydrogen-bond donors (Lipinski definition) is 0. The Labute approximate surface area is 160 Å². The van der Waals surface area contributed by atoms with Gasteiger partial charge in [0.05, 0.1) is 25.1 Å². The van der Waals surface area contributed by atoms with Gasteiger partial charge in [-0.15, -0.1) is 0 Å². The molecule has 2 aromatic rings. The van der Waals surface area contributed by atoms with E-state index in [4.69, 9.17) is 9.15 Å². The maximum atomic E-state index is 13.3. The molecular formula is C22H28N2O3. The molecular weight excluding hydrogens is 340 g/mol. The predicted molar refractivity (Wildman–Crippen MR) is 103 cm³/mol. The Morgan fingerprint density at radius 1 is 1.19 bits per heavy atom. The summed E-state index contributed by atoms with van der Waals surface area (Å²) in [6.45, 7) is 4.20. The van der Waals surface area contributed by atoms with Gasteiger partial charge in [0.15, 0.2) is 0 Å². The van der Waals surface area contributed by atoms with Crippen LogP contribution in [0.4, 0.5) is 0 Å². The van der Waals surface area contributed by atoms with Gasteiger partial charge < -0.3 is 14.1 Å². The molecule has 0 unspecified atom stereocenters. The molecule has 0 bridgehead atoms. The monoisotopic (exact) mass is 368 g/mol. The lowest BCUT2D eigenvalue weighted by Crippen LogP contribution is -2.53. The number of hydrogen-bond acceptors (Lipinski definition) is 4. The fourth-order valence-electron chi connectivity index (χ4n) is 4.72. The van der Waals surface area contributed by atoms with Gasteiger partial charge in [-0.3, -0.25) is 9.69 Å². The van der Waals surface area contributed by atoms with Crippen molar-refractivity contribution in [2.75, 3.05) is 33.4 Å². The number of piperidine rings is 1. The Hall–Kier alpha value is -2.11. The van der Waals surface area contributed by atoms with Gasteiger partial charge in [-0.25, -0.2) is 0 Å². The molecule has 5 nitrogen and oxygen atoms in total. The highest BCUT2D eigenvalue weighted by molar-refractivity contribution is 5.87. The smallest absolute Gasteiger partial charge is 0.230 e. The minimum atomic E-state index is -0.0387. The molecule has 0 N–H and O–H groups in total. The third kappa shape index (κ3) is 3.66. The van der Waals surface area contributed by atoms with Crippen LogP contribution < -0.4 is 0 Å². The minimum Gasteiger partial charge on any atom is -0.472 e. The molecule has 0 radical (unpaired) electrons. The van der Waals surface area contributed by atoms with Gasteiger partial charge in [0.1, 0.15) is 0 Å². The average Bonchev–Trinajstić information content (AvgIpc) is 3.30. The second-order valence-corrected chi connectivity index (χ2v) is 7.78. The molecule has 5 heteroatoms. The Balaban J connectivity index is 1.50. The molecule has 4 rings (SSSR count). The van der Waals surface area contributed by atoms with Crippen molar-refractivity contribution >= 4 is 5.91 Å². The van der Waals surface area contributed by atoms with Gasteiger partial charge >= 0.3 is 0 Å². The summed E-state index contributed by atoms with van der Waals surface area (Å²) in [5.74, 6) is 0.241. The number of likely N-dealkylation sites (tertiary alicyclic amines) is 2. The first-order chi connectivity index (χ1) is 13.2. The van der Waals surface area contributed by atoms with E-state index >= 15 is 0 Å². The molecule has 27 heavy (non-hydrogen) atoms. The Kier molecular flexibility index (Phi) is 5.32. The molecule has 1 aromatic carbocycles. The van der Waals surface area contributed by atoms with E-state index in [0.29, 0.717) is 13.2 Å². The van der Waals surface area contributed by atoms with E-state index in [9.17, 15) is 4.79 Å². The Morgan fingerprint density at radius 3 is 2.63 bits per heavy atom. The molecule has 1 amide bonds. The topological polar surface area (TPSA) is 45.9 Å². The number of ether oxygens (including phenoxy) is 1. The van der Waals surface area contributed by atoms with Crippen molar-refractivity contribution in [1.29, 1.82) is 0 Å². The SMILES string of the molecule is COCCN1C(=O)[C@@H](c2ccccc2)CC12CCN(Cc1ccoc1)CC2. The summed E-state index contributed by atoms with van der Waals surface area (Å²) >= 11 is 0. The van der Waals surface area contributed by atoms with Crippen molar-refractivity contribution in [3.05, 3.63) is 60.1 Å². The van der Waals surface area contributed by atoms with Crippen molar-refractivity contribution in [1.82, 2.24) is 9.80 Å². The van der Waals surface area contributed by atoms with Gasteiger partial charge in [0.25, 0.3) is 0 Å². The van der Waals surface area contributed by atoms with Crippen molar-refractivity contribution < 1.29 is 13.9 Å². The maximum absolute atomic E-state index is 13.3. The van der Waals surface area contributed by atoms with Gasteiger partial charge in [0, 0.05) is 44.4 Å². The zero-order valence-electron chi connectivity index (χ0n) is 16.0. The van der Waals surface area contributed by atoms with Crippen LogP contribution in [-0.4, -0.2) is 54.6 Å². The van der Waals surface area contributed by atoms with Gasteiger partial charge in [-0.05, 0) is 30.9 Å². The molecule has 1 atom stereocenters. The van der Waals surface area contributed by atoms with Gasteiger partial charge in [-0.2, -0.15) is 0 Å². The van der Waals surface area contributed by atoms with E-state index in [2.05, 4.69) is 21.9 Å². The van der Waals surface area contributed by atoms with Crippen molar-refractivity contribution in [3.8, 4) is 0 Å². The lowest BCUT2D eigenvalue weighted by molar-refractivity contribution is -0.134. The summed E-state index contributed by atoms with van der Waals surface area (Å²) in [5.41, 5.74) is 2.32. The first-order valence-corrected chi connectivity index (χ1v) is 9.81. The summed E-state index contributed by atoms with van der Waals surface area (Å²) in [6.07, 6.45) is 6.50. The molecule has 2 fully saturated rings. The Morgan fingerprint density at radius 2 is 1.96 bits per heavy atom. The molecule has 0 saturated carbocycles. The second kappa shape index (κ2) is 7.87. The number of carbonyl (C=O) groups is 1. The van der Waals surface area contributed by atoms with E-state index in [0.717, 1.165) is 44.5 Å². The summed E-state index contributed by atoms with van der Waals surface area (Å²) in [4.78, 5) is 17.9. The molecule has 3 heterocycles. The largest absolute Gasteiger partial charge is 0.472 e. The fourth-order valence-corrected chi connectivity index (χ4v) is 4.72. The van der Waals surface area contributed by atoms with Crippen molar-refractivity contribution in [2.24, 2.45) is 0 Å². The molecule has 2 aliphatic rings. The van der Waals surface area contributed by atoms with Crippen LogP contribution in [0.3, 0.4) is 0 Å². The van der Waals surface area contributed by atoms with Crippen LogP contribution in [0.2, 0.25) is 0 Å². The van der Waals surface area contributed by atoms with Crippen molar-refractivity contribution in [2.45, 2.75) is 37.3 Å². The van der Waals surface area contributed by atoms with Crippen LogP contribution in [0.5, 0.6) is 0 Å². The molecule has 2 aliphatic heterocycles. The maximum Gasteiger partial charge on any atom is 0.230 e. The molecule has 144 valence electrons. The first-order valence-electron chi connectivity index (χ1n) is 9.81. The number of rotatable bonds is 6. The Bertz CT molecular complexity index is 736. The van der Waals surface area contributed by atoms with Crippen LogP contribution in [-0.2, 0) is 16.1 Å². The number of furan rings is 1.